The summed E-state index contributed by atoms with van der Waals surface area (Å²) in [6.45, 7) is 4.04. The van der Waals surface area contributed by atoms with Gasteiger partial charge < -0.3 is 14.8 Å². The van der Waals surface area contributed by atoms with E-state index in [2.05, 4.69) is 5.32 Å². The Morgan fingerprint density at radius 1 is 1.18 bits per heavy atom. The van der Waals surface area contributed by atoms with Crippen molar-refractivity contribution in [3.63, 3.8) is 0 Å². The van der Waals surface area contributed by atoms with Gasteiger partial charge in [-0.25, -0.2) is 4.39 Å². The highest BCUT2D eigenvalue weighted by molar-refractivity contribution is 6.04. The molecule has 0 aliphatic heterocycles. The highest BCUT2D eigenvalue weighted by Crippen LogP contribution is 2.30. The average molecular weight is 303 g/mol. The SMILES string of the molecule is CCOc1ccc(NC(=O)c2ccc(C)c(F)c2)cc1OC. The fraction of sp³-hybridized carbons (Fsp3) is 0.235. The van der Waals surface area contributed by atoms with Crippen LogP contribution in [0, 0.1) is 12.7 Å². The Labute approximate surface area is 128 Å². The van der Waals surface area contributed by atoms with E-state index >= 15 is 0 Å². The number of anilines is 1. The number of carbonyl (C=O) groups excluding carboxylic acids is 1. The van der Waals surface area contributed by atoms with Crippen molar-refractivity contribution >= 4 is 11.6 Å². The number of ether oxygens (including phenoxy) is 2. The van der Waals surface area contributed by atoms with Crippen LogP contribution in [0.3, 0.4) is 0 Å². The number of aryl methyl sites for hydroxylation is 1. The molecule has 0 atom stereocenters. The monoisotopic (exact) mass is 303 g/mol. The maximum atomic E-state index is 13.5. The number of methoxy groups -OCH3 is 1. The molecule has 2 aromatic rings. The molecule has 1 N–H and O–H groups in total. The Kier molecular flexibility index (Phi) is 4.99. The van der Waals surface area contributed by atoms with Gasteiger partial charge in [0.25, 0.3) is 5.91 Å². The van der Waals surface area contributed by atoms with Gasteiger partial charge in [0.1, 0.15) is 5.82 Å². The smallest absolute Gasteiger partial charge is 0.255 e. The minimum atomic E-state index is -0.406. The molecule has 0 radical (unpaired) electrons. The highest BCUT2D eigenvalue weighted by atomic mass is 19.1. The van der Waals surface area contributed by atoms with Gasteiger partial charge in [0.2, 0.25) is 0 Å². The minimum absolute atomic E-state index is 0.260. The first-order valence-electron chi connectivity index (χ1n) is 6.93. The highest BCUT2D eigenvalue weighted by Gasteiger charge is 2.11. The predicted octanol–water partition coefficient (Wildman–Crippen LogP) is 3.79. The molecule has 0 heterocycles. The van der Waals surface area contributed by atoms with Gasteiger partial charge in [-0.05, 0) is 43.7 Å². The average Bonchev–Trinajstić information content (AvgIpc) is 2.51. The van der Waals surface area contributed by atoms with Crippen molar-refractivity contribution in [1.29, 1.82) is 0 Å². The van der Waals surface area contributed by atoms with E-state index in [9.17, 15) is 9.18 Å². The fourth-order valence-corrected chi connectivity index (χ4v) is 1.96. The van der Waals surface area contributed by atoms with Crippen LogP contribution in [-0.4, -0.2) is 19.6 Å². The van der Waals surface area contributed by atoms with E-state index in [1.807, 2.05) is 6.92 Å². The van der Waals surface area contributed by atoms with Crippen LogP contribution in [0.5, 0.6) is 11.5 Å². The molecule has 1 amide bonds. The van der Waals surface area contributed by atoms with Crippen molar-refractivity contribution < 1.29 is 18.7 Å². The quantitative estimate of drug-likeness (QED) is 0.914. The van der Waals surface area contributed by atoms with Crippen molar-refractivity contribution in [3.05, 3.63) is 53.3 Å². The normalized spacial score (nSPS) is 10.2. The lowest BCUT2D eigenvalue weighted by atomic mass is 10.1. The molecule has 0 saturated heterocycles. The zero-order valence-electron chi connectivity index (χ0n) is 12.8. The van der Waals surface area contributed by atoms with Gasteiger partial charge in [0.05, 0.1) is 13.7 Å². The second-order valence-corrected chi connectivity index (χ2v) is 4.72. The van der Waals surface area contributed by atoms with Crippen molar-refractivity contribution in [2.75, 3.05) is 19.0 Å². The Morgan fingerprint density at radius 3 is 2.59 bits per heavy atom. The summed E-state index contributed by atoms with van der Waals surface area (Å²) in [5.74, 6) is 0.334. The largest absolute Gasteiger partial charge is 0.493 e. The van der Waals surface area contributed by atoms with Crippen LogP contribution in [0.15, 0.2) is 36.4 Å². The summed E-state index contributed by atoms with van der Waals surface area (Å²) in [4.78, 5) is 12.1. The van der Waals surface area contributed by atoms with Crippen LogP contribution in [0.25, 0.3) is 0 Å². The molecular formula is C17H18FNO3. The minimum Gasteiger partial charge on any atom is -0.493 e. The van der Waals surface area contributed by atoms with E-state index in [4.69, 9.17) is 9.47 Å². The molecule has 2 rings (SSSR count). The lowest BCUT2D eigenvalue weighted by Crippen LogP contribution is -2.12. The van der Waals surface area contributed by atoms with E-state index in [1.54, 1.807) is 37.3 Å². The molecule has 0 aromatic heterocycles. The Morgan fingerprint density at radius 2 is 1.95 bits per heavy atom. The van der Waals surface area contributed by atoms with Gasteiger partial charge in [-0.2, -0.15) is 0 Å². The maximum absolute atomic E-state index is 13.5. The van der Waals surface area contributed by atoms with Crippen molar-refractivity contribution in [3.8, 4) is 11.5 Å². The third-order valence-electron chi connectivity index (χ3n) is 3.16. The molecule has 0 fully saturated rings. The summed E-state index contributed by atoms with van der Waals surface area (Å²) in [7, 11) is 1.53. The van der Waals surface area contributed by atoms with Gasteiger partial charge in [0, 0.05) is 17.3 Å². The van der Waals surface area contributed by atoms with E-state index < -0.39 is 5.82 Å². The lowest BCUT2D eigenvalue weighted by molar-refractivity contribution is 0.102. The summed E-state index contributed by atoms with van der Waals surface area (Å²) in [5.41, 5.74) is 1.31. The van der Waals surface area contributed by atoms with Crippen LogP contribution in [0.4, 0.5) is 10.1 Å². The summed E-state index contributed by atoms with van der Waals surface area (Å²) < 4.78 is 24.2. The van der Waals surface area contributed by atoms with Crippen LogP contribution in [0.2, 0.25) is 0 Å². The zero-order valence-corrected chi connectivity index (χ0v) is 12.8. The molecule has 0 bridgehead atoms. The molecule has 0 aliphatic carbocycles. The third kappa shape index (κ3) is 3.55. The second kappa shape index (κ2) is 6.93. The standard InChI is InChI=1S/C17H18FNO3/c1-4-22-15-8-7-13(10-16(15)21-3)19-17(20)12-6-5-11(2)14(18)9-12/h5-10H,4H2,1-3H3,(H,19,20). The maximum Gasteiger partial charge on any atom is 0.255 e. The topological polar surface area (TPSA) is 47.6 Å². The predicted molar refractivity (Wildman–Crippen MR) is 83.3 cm³/mol. The van der Waals surface area contributed by atoms with Gasteiger partial charge in [-0.3, -0.25) is 4.79 Å². The van der Waals surface area contributed by atoms with Crippen molar-refractivity contribution in [2.45, 2.75) is 13.8 Å². The molecule has 0 unspecified atom stereocenters. The first-order valence-corrected chi connectivity index (χ1v) is 6.93. The number of rotatable bonds is 5. The van der Waals surface area contributed by atoms with E-state index in [0.29, 0.717) is 29.4 Å². The Hall–Kier alpha value is -2.56. The molecule has 0 spiro atoms. The fourth-order valence-electron chi connectivity index (χ4n) is 1.96. The molecule has 22 heavy (non-hydrogen) atoms. The summed E-state index contributed by atoms with van der Waals surface area (Å²) in [6.07, 6.45) is 0. The van der Waals surface area contributed by atoms with Crippen LogP contribution in [-0.2, 0) is 0 Å². The molecule has 4 nitrogen and oxygen atoms in total. The van der Waals surface area contributed by atoms with Gasteiger partial charge >= 0.3 is 0 Å². The number of benzene rings is 2. The van der Waals surface area contributed by atoms with Crippen molar-refractivity contribution in [1.82, 2.24) is 0 Å². The zero-order chi connectivity index (χ0) is 16.1. The van der Waals surface area contributed by atoms with Gasteiger partial charge in [-0.1, -0.05) is 6.07 Å². The van der Waals surface area contributed by atoms with Gasteiger partial charge in [-0.15, -0.1) is 0 Å². The summed E-state index contributed by atoms with van der Waals surface area (Å²) in [6, 6.07) is 9.45. The third-order valence-corrected chi connectivity index (χ3v) is 3.16. The van der Waals surface area contributed by atoms with Crippen LogP contribution < -0.4 is 14.8 Å². The Balaban J connectivity index is 2.19. The number of amides is 1. The molecule has 2 aromatic carbocycles. The van der Waals surface area contributed by atoms with Crippen molar-refractivity contribution in [2.24, 2.45) is 0 Å². The van der Waals surface area contributed by atoms with E-state index in [1.165, 1.54) is 13.2 Å². The van der Waals surface area contributed by atoms with E-state index in [-0.39, 0.29) is 11.5 Å². The summed E-state index contributed by atoms with van der Waals surface area (Å²) >= 11 is 0. The second-order valence-electron chi connectivity index (χ2n) is 4.72. The molecule has 0 aliphatic rings. The number of hydrogen-bond donors (Lipinski definition) is 1. The molecule has 5 heteroatoms. The van der Waals surface area contributed by atoms with Crippen LogP contribution in [0.1, 0.15) is 22.8 Å². The van der Waals surface area contributed by atoms with Crippen LogP contribution >= 0.6 is 0 Å². The first-order chi connectivity index (χ1) is 10.5. The lowest BCUT2D eigenvalue weighted by Gasteiger charge is -2.12. The number of halogens is 1. The van der Waals surface area contributed by atoms with Gasteiger partial charge in [0.15, 0.2) is 11.5 Å². The number of nitrogens with one attached hydrogen (secondary N) is 1. The molecule has 0 saturated carbocycles. The van der Waals surface area contributed by atoms with E-state index in [0.717, 1.165) is 0 Å². The first kappa shape index (κ1) is 15.8. The molecule has 116 valence electrons. The number of hydrogen-bond acceptors (Lipinski definition) is 3. The Bertz CT molecular complexity index is 686. The summed E-state index contributed by atoms with van der Waals surface area (Å²) in [5, 5.41) is 2.71. The number of carbonyl (C=O) groups is 1. The molecular weight excluding hydrogens is 285 g/mol.